The second-order valence-electron chi connectivity index (χ2n) is 6.64. The van der Waals surface area contributed by atoms with Crippen molar-refractivity contribution in [3.8, 4) is 0 Å². The number of rotatable bonds is 8. The van der Waals surface area contributed by atoms with Crippen molar-refractivity contribution >= 4 is 11.8 Å². The topological polar surface area (TPSA) is 129 Å². The quantitative estimate of drug-likeness (QED) is 0.624. The van der Waals surface area contributed by atoms with Crippen molar-refractivity contribution < 1.29 is 19.4 Å². The molecule has 1 aliphatic heterocycles. The zero-order valence-electron chi connectivity index (χ0n) is 14.4. The van der Waals surface area contributed by atoms with Crippen LogP contribution in [0.5, 0.6) is 0 Å². The molecule has 1 radical (unpaired) electrons. The number of nitrogens with zero attached hydrogens (tertiary/aromatic N) is 1. The molecule has 0 aliphatic carbocycles. The molecule has 7 heteroatoms. The lowest BCUT2D eigenvalue weighted by Crippen LogP contribution is -2.45. The number of primary amides is 2. The Morgan fingerprint density at radius 2 is 2.16 bits per heavy atom. The summed E-state index contributed by atoms with van der Waals surface area (Å²) in [7, 11) is 0. The van der Waals surface area contributed by atoms with Crippen LogP contribution in [0.4, 0.5) is 0 Å². The van der Waals surface area contributed by atoms with Crippen molar-refractivity contribution in [1.82, 2.24) is 4.98 Å². The van der Waals surface area contributed by atoms with Gasteiger partial charge in [0.25, 0.3) is 0 Å². The molecule has 2 heterocycles. The lowest BCUT2D eigenvalue weighted by molar-refractivity contribution is -0.145. The standard InChI is InChI=1S/C18H26N3O4/c1-11-8-12(9-16(25-11)18(20)24)15(17(19)23)10-14(22)6-5-13-4-2-3-7-21-13/h2-4,6-7,11-12,14-16,22H,5,8-10H2,1H3,(H2,19,23)(H2,20,24). The summed E-state index contributed by atoms with van der Waals surface area (Å²) in [5, 5.41) is 10.3. The molecule has 0 bridgehead atoms. The van der Waals surface area contributed by atoms with Crippen LogP contribution in [0.15, 0.2) is 24.4 Å². The summed E-state index contributed by atoms with van der Waals surface area (Å²) in [6.07, 6.45) is 3.38. The van der Waals surface area contributed by atoms with Crippen molar-refractivity contribution in [3.63, 3.8) is 0 Å². The minimum Gasteiger partial charge on any atom is -0.393 e. The van der Waals surface area contributed by atoms with Crippen LogP contribution in [0.2, 0.25) is 0 Å². The number of aliphatic hydroxyl groups is 1. The Bertz CT molecular complexity index is 581. The van der Waals surface area contributed by atoms with Gasteiger partial charge in [-0.2, -0.15) is 0 Å². The summed E-state index contributed by atoms with van der Waals surface area (Å²) in [5.41, 5.74) is 11.7. The second kappa shape index (κ2) is 8.92. The van der Waals surface area contributed by atoms with E-state index in [0.29, 0.717) is 19.3 Å². The SMILES string of the molecule is CC1CC(C(CC(O)[CH]Cc2ccccn2)C(N)=O)CC(C(N)=O)O1. The molecule has 137 valence electrons. The van der Waals surface area contributed by atoms with E-state index in [1.54, 1.807) is 12.6 Å². The van der Waals surface area contributed by atoms with E-state index in [-0.39, 0.29) is 18.4 Å². The van der Waals surface area contributed by atoms with Gasteiger partial charge in [-0.25, -0.2) is 0 Å². The Balaban J connectivity index is 1.95. The third-order valence-electron chi connectivity index (χ3n) is 4.62. The molecule has 0 saturated carbocycles. The second-order valence-corrected chi connectivity index (χ2v) is 6.64. The lowest BCUT2D eigenvalue weighted by Gasteiger charge is -2.36. The highest BCUT2D eigenvalue weighted by atomic mass is 16.5. The van der Waals surface area contributed by atoms with E-state index in [0.717, 1.165) is 5.69 Å². The van der Waals surface area contributed by atoms with Gasteiger partial charge in [0, 0.05) is 17.8 Å². The summed E-state index contributed by atoms with van der Waals surface area (Å²) in [4.78, 5) is 27.5. The van der Waals surface area contributed by atoms with Gasteiger partial charge in [-0.05, 0) is 57.1 Å². The van der Waals surface area contributed by atoms with Gasteiger partial charge in [-0.15, -0.1) is 0 Å². The summed E-state index contributed by atoms with van der Waals surface area (Å²) in [6.45, 7) is 1.84. The summed E-state index contributed by atoms with van der Waals surface area (Å²) in [5.74, 6) is -1.70. The van der Waals surface area contributed by atoms with Crippen molar-refractivity contribution in [3.05, 3.63) is 36.5 Å². The molecule has 1 fully saturated rings. The summed E-state index contributed by atoms with van der Waals surface area (Å²) < 4.78 is 5.51. The molecular formula is C18H26N3O4. The summed E-state index contributed by atoms with van der Waals surface area (Å²) in [6, 6.07) is 5.57. The predicted molar refractivity (Wildman–Crippen MR) is 91.8 cm³/mol. The fraction of sp³-hybridized carbons (Fsp3) is 0.556. The van der Waals surface area contributed by atoms with E-state index < -0.39 is 29.9 Å². The largest absolute Gasteiger partial charge is 0.393 e. The van der Waals surface area contributed by atoms with Crippen LogP contribution in [0.3, 0.4) is 0 Å². The van der Waals surface area contributed by atoms with Gasteiger partial charge in [0.1, 0.15) is 6.10 Å². The number of hydrogen-bond donors (Lipinski definition) is 3. The molecule has 5 unspecified atom stereocenters. The number of carbonyl (C=O) groups is 2. The van der Waals surface area contributed by atoms with E-state index in [1.165, 1.54) is 0 Å². The van der Waals surface area contributed by atoms with Gasteiger partial charge in [0.15, 0.2) is 0 Å². The number of amides is 2. The molecule has 25 heavy (non-hydrogen) atoms. The first-order chi connectivity index (χ1) is 11.9. The van der Waals surface area contributed by atoms with Gasteiger partial charge in [0.05, 0.1) is 12.2 Å². The van der Waals surface area contributed by atoms with Crippen LogP contribution >= 0.6 is 0 Å². The van der Waals surface area contributed by atoms with Crippen molar-refractivity contribution in [2.24, 2.45) is 23.3 Å². The first-order valence-corrected chi connectivity index (χ1v) is 8.52. The van der Waals surface area contributed by atoms with Gasteiger partial charge >= 0.3 is 0 Å². The first-order valence-electron chi connectivity index (χ1n) is 8.52. The maximum Gasteiger partial charge on any atom is 0.246 e. The van der Waals surface area contributed by atoms with Gasteiger partial charge < -0.3 is 21.3 Å². The number of nitrogens with two attached hydrogens (primary N) is 2. The Labute approximate surface area is 147 Å². The number of pyridine rings is 1. The molecule has 0 aromatic carbocycles. The van der Waals surface area contributed by atoms with Crippen LogP contribution in [0.25, 0.3) is 0 Å². The third kappa shape index (κ3) is 5.79. The zero-order chi connectivity index (χ0) is 18.4. The molecule has 7 nitrogen and oxygen atoms in total. The number of aromatic nitrogens is 1. The van der Waals surface area contributed by atoms with Crippen LogP contribution in [-0.2, 0) is 20.7 Å². The van der Waals surface area contributed by atoms with Gasteiger partial charge in [-0.3, -0.25) is 14.6 Å². The normalized spacial score (nSPS) is 25.9. The molecule has 2 amide bonds. The minimum atomic E-state index is -0.787. The zero-order valence-corrected chi connectivity index (χ0v) is 14.4. The molecule has 5 N–H and O–H groups in total. The molecule has 1 aromatic rings. The first kappa shape index (κ1) is 19.3. The molecule has 1 saturated heterocycles. The maximum atomic E-state index is 11.9. The van der Waals surface area contributed by atoms with E-state index in [2.05, 4.69) is 4.98 Å². The molecule has 1 aliphatic rings. The van der Waals surface area contributed by atoms with Crippen LogP contribution in [-0.4, -0.2) is 40.2 Å². The highest BCUT2D eigenvalue weighted by molar-refractivity contribution is 5.80. The van der Waals surface area contributed by atoms with E-state index in [9.17, 15) is 14.7 Å². The number of hydrogen-bond acceptors (Lipinski definition) is 5. The Morgan fingerprint density at radius 3 is 2.76 bits per heavy atom. The fourth-order valence-electron chi connectivity index (χ4n) is 3.37. The Hall–Kier alpha value is -1.99. The summed E-state index contributed by atoms with van der Waals surface area (Å²) >= 11 is 0. The minimum absolute atomic E-state index is 0.142. The van der Waals surface area contributed by atoms with E-state index >= 15 is 0 Å². The highest BCUT2D eigenvalue weighted by Gasteiger charge is 2.37. The van der Waals surface area contributed by atoms with Crippen LogP contribution < -0.4 is 11.5 Å². The van der Waals surface area contributed by atoms with E-state index in [1.807, 2.05) is 25.1 Å². The van der Waals surface area contributed by atoms with Crippen molar-refractivity contribution in [2.45, 2.75) is 50.9 Å². The average molecular weight is 348 g/mol. The smallest absolute Gasteiger partial charge is 0.246 e. The molecule has 1 aromatic heterocycles. The average Bonchev–Trinajstić information content (AvgIpc) is 2.58. The predicted octanol–water partition coefficient (Wildman–Crippen LogP) is 0.350. The maximum absolute atomic E-state index is 11.9. The van der Waals surface area contributed by atoms with Crippen molar-refractivity contribution in [2.75, 3.05) is 0 Å². The van der Waals surface area contributed by atoms with Crippen molar-refractivity contribution in [1.29, 1.82) is 0 Å². The fourth-order valence-corrected chi connectivity index (χ4v) is 3.37. The van der Waals surface area contributed by atoms with Crippen LogP contribution in [0, 0.1) is 18.3 Å². The number of aliphatic hydroxyl groups excluding tert-OH is 1. The van der Waals surface area contributed by atoms with E-state index in [4.69, 9.17) is 16.2 Å². The highest BCUT2D eigenvalue weighted by Crippen LogP contribution is 2.33. The molecule has 5 atom stereocenters. The Morgan fingerprint density at radius 1 is 1.40 bits per heavy atom. The van der Waals surface area contributed by atoms with Gasteiger partial charge in [0.2, 0.25) is 11.8 Å². The molecule has 0 spiro atoms. The van der Waals surface area contributed by atoms with Crippen LogP contribution in [0.1, 0.15) is 31.9 Å². The monoisotopic (exact) mass is 348 g/mol. The molecular weight excluding hydrogens is 322 g/mol. The number of ether oxygens (including phenoxy) is 1. The molecule has 2 rings (SSSR count). The number of carbonyl (C=O) groups excluding carboxylic acids is 2. The lowest BCUT2D eigenvalue weighted by atomic mass is 9.78. The van der Waals surface area contributed by atoms with Gasteiger partial charge in [-0.1, -0.05) is 6.07 Å². The Kier molecular flexibility index (Phi) is 6.90. The third-order valence-corrected chi connectivity index (χ3v) is 4.62.